The molecule has 8 nitrogen and oxygen atoms in total. The molecule has 0 saturated carbocycles. The quantitative estimate of drug-likeness (QED) is 0.440. The fraction of sp³-hybridized carbons (Fsp3) is 0.381. The van der Waals surface area contributed by atoms with E-state index in [0.29, 0.717) is 38.4 Å². The van der Waals surface area contributed by atoms with Gasteiger partial charge in [-0.25, -0.2) is 4.79 Å². The highest BCUT2D eigenvalue weighted by molar-refractivity contribution is 5.74. The number of methoxy groups -OCH3 is 1. The van der Waals surface area contributed by atoms with Crippen molar-refractivity contribution in [1.82, 2.24) is 10.2 Å². The van der Waals surface area contributed by atoms with Crippen LogP contribution in [0, 0.1) is 10.1 Å². The van der Waals surface area contributed by atoms with Gasteiger partial charge in [0.05, 0.1) is 12.0 Å². The van der Waals surface area contributed by atoms with Crippen LogP contribution in [0.2, 0.25) is 0 Å². The molecule has 2 aromatic rings. The summed E-state index contributed by atoms with van der Waals surface area (Å²) in [6, 6.07) is 14.6. The number of hydrogen-bond acceptors (Lipinski definition) is 5. The van der Waals surface area contributed by atoms with Gasteiger partial charge in [-0.15, -0.1) is 0 Å². The zero-order valence-electron chi connectivity index (χ0n) is 16.5. The fourth-order valence-corrected chi connectivity index (χ4v) is 3.43. The average molecular weight is 398 g/mol. The summed E-state index contributed by atoms with van der Waals surface area (Å²) in [5, 5.41) is 14.2. The molecule has 3 rings (SSSR count). The summed E-state index contributed by atoms with van der Waals surface area (Å²) in [5.41, 5.74) is 1.92. The predicted octanol–water partition coefficient (Wildman–Crippen LogP) is 3.07. The van der Waals surface area contributed by atoms with Crippen molar-refractivity contribution >= 4 is 17.4 Å². The van der Waals surface area contributed by atoms with Crippen molar-refractivity contribution in [3.8, 4) is 5.75 Å². The topological polar surface area (TPSA) is 88.0 Å². The van der Waals surface area contributed by atoms with E-state index in [4.69, 9.17) is 4.74 Å². The molecule has 1 N–H and O–H groups in total. The Kier molecular flexibility index (Phi) is 6.89. The van der Waals surface area contributed by atoms with Gasteiger partial charge in [-0.3, -0.25) is 10.1 Å². The Morgan fingerprint density at radius 3 is 2.45 bits per heavy atom. The lowest BCUT2D eigenvalue weighted by atomic mass is 10.1. The molecule has 8 heteroatoms. The Labute approximate surface area is 170 Å². The Morgan fingerprint density at radius 1 is 1.10 bits per heavy atom. The normalized spacial score (nSPS) is 13.8. The van der Waals surface area contributed by atoms with E-state index in [0.717, 1.165) is 18.6 Å². The van der Waals surface area contributed by atoms with E-state index in [2.05, 4.69) is 5.32 Å². The number of nitro groups is 1. The second-order valence-corrected chi connectivity index (χ2v) is 6.90. The molecule has 2 amide bonds. The minimum absolute atomic E-state index is 0.0815. The number of para-hydroxylation sites is 2. The average Bonchev–Trinajstić information content (AvgIpc) is 2.77. The molecular formula is C21H26N4O4. The lowest BCUT2D eigenvalue weighted by Crippen LogP contribution is -2.52. The third kappa shape index (κ3) is 5.37. The highest BCUT2D eigenvalue weighted by Gasteiger charge is 2.25. The van der Waals surface area contributed by atoms with Crippen LogP contribution in [-0.4, -0.2) is 55.7 Å². The zero-order chi connectivity index (χ0) is 20.6. The van der Waals surface area contributed by atoms with Crippen molar-refractivity contribution < 1.29 is 14.5 Å². The van der Waals surface area contributed by atoms with Gasteiger partial charge in [0.1, 0.15) is 11.4 Å². The van der Waals surface area contributed by atoms with Crippen molar-refractivity contribution in [2.75, 3.05) is 44.7 Å². The van der Waals surface area contributed by atoms with Gasteiger partial charge in [-0.1, -0.05) is 24.3 Å². The second-order valence-electron chi connectivity index (χ2n) is 6.90. The number of nitro benzene ring substituents is 1. The highest BCUT2D eigenvalue weighted by atomic mass is 16.6. The van der Waals surface area contributed by atoms with E-state index < -0.39 is 0 Å². The van der Waals surface area contributed by atoms with E-state index in [1.54, 1.807) is 30.2 Å². The molecule has 0 unspecified atom stereocenters. The molecule has 0 aliphatic carbocycles. The first-order chi connectivity index (χ1) is 14.1. The van der Waals surface area contributed by atoms with Crippen LogP contribution in [0.25, 0.3) is 0 Å². The number of aryl methyl sites for hydroxylation is 1. The van der Waals surface area contributed by atoms with Crippen molar-refractivity contribution in [3.05, 3.63) is 64.2 Å². The number of ether oxygens (including phenoxy) is 1. The van der Waals surface area contributed by atoms with Crippen LogP contribution in [0.5, 0.6) is 5.75 Å². The largest absolute Gasteiger partial charge is 0.497 e. The van der Waals surface area contributed by atoms with Gasteiger partial charge in [0.2, 0.25) is 0 Å². The second kappa shape index (κ2) is 9.77. The number of nitrogens with one attached hydrogen (secondary N) is 1. The molecule has 0 spiro atoms. The fourth-order valence-electron chi connectivity index (χ4n) is 3.43. The van der Waals surface area contributed by atoms with E-state index in [1.165, 1.54) is 11.6 Å². The van der Waals surface area contributed by atoms with E-state index in [-0.39, 0.29) is 16.6 Å². The molecular weight excluding hydrogens is 372 g/mol. The molecule has 1 aliphatic rings. The number of hydrogen-bond donors (Lipinski definition) is 1. The van der Waals surface area contributed by atoms with Crippen LogP contribution < -0.4 is 15.0 Å². The molecule has 0 radical (unpaired) electrons. The van der Waals surface area contributed by atoms with Crippen LogP contribution in [0.4, 0.5) is 16.2 Å². The summed E-state index contributed by atoms with van der Waals surface area (Å²) in [6.07, 6.45) is 1.74. The van der Waals surface area contributed by atoms with Gasteiger partial charge in [-0.05, 0) is 36.6 Å². The molecule has 0 atom stereocenters. The van der Waals surface area contributed by atoms with Gasteiger partial charge < -0.3 is 19.9 Å². The van der Waals surface area contributed by atoms with E-state index in [9.17, 15) is 14.9 Å². The van der Waals surface area contributed by atoms with Gasteiger partial charge in [0.25, 0.3) is 5.69 Å². The summed E-state index contributed by atoms with van der Waals surface area (Å²) in [6.45, 7) is 2.83. The number of nitrogens with zero attached hydrogens (tertiary/aromatic N) is 3. The Hall–Kier alpha value is -3.29. The first kappa shape index (κ1) is 20.4. The van der Waals surface area contributed by atoms with Gasteiger partial charge in [0, 0.05) is 38.8 Å². The number of carbonyl (C=O) groups excluding carboxylic acids is 1. The van der Waals surface area contributed by atoms with Crippen molar-refractivity contribution in [2.24, 2.45) is 0 Å². The lowest BCUT2D eigenvalue weighted by molar-refractivity contribution is -0.384. The molecule has 29 heavy (non-hydrogen) atoms. The zero-order valence-corrected chi connectivity index (χ0v) is 16.5. The number of anilines is 1. The minimum atomic E-state index is -0.364. The van der Waals surface area contributed by atoms with Gasteiger partial charge in [-0.2, -0.15) is 0 Å². The van der Waals surface area contributed by atoms with E-state index in [1.807, 2.05) is 29.2 Å². The van der Waals surface area contributed by atoms with Crippen LogP contribution >= 0.6 is 0 Å². The maximum absolute atomic E-state index is 12.4. The Balaban J connectivity index is 1.41. The first-order valence-corrected chi connectivity index (χ1v) is 9.72. The van der Waals surface area contributed by atoms with Crippen LogP contribution in [0.3, 0.4) is 0 Å². The minimum Gasteiger partial charge on any atom is -0.497 e. The number of urea groups is 1. The molecule has 1 heterocycles. The predicted molar refractivity (Wildman–Crippen MR) is 112 cm³/mol. The van der Waals surface area contributed by atoms with E-state index >= 15 is 0 Å². The third-order valence-electron chi connectivity index (χ3n) is 5.06. The van der Waals surface area contributed by atoms with Crippen LogP contribution in [-0.2, 0) is 6.42 Å². The summed E-state index contributed by atoms with van der Waals surface area (Å²) in [5.74, 6) is 0.835. The standard InChI is InChI=1S/C21H26N4O4/c1-29-18-10-8-17(9-11-18)5-4-12-22-21(26)24-15-13-23(14-16-24)19-6-2-3-7-20(19)25(27)28/h2-3,6-11H,4-5,12-16H2,1H3,(H,22,26). The van der Waals surface area contributed by atoms with Gasteiger partial charge in [0.15, 0.2) is 0 Å². The maximum atomic E-state index is 12.4. The molecule has 1 saturated heterocycles. The van der Waals surface area contributed by atoms with Gasteiger partial charge >= 0.3 is 6.03 Å². The molecule has 0 bridgehead atoms. The summed E-state index contributed by atoms with van der Waals surface area (Å²) >= 11 is 0. The number of carbonyl (C=O) groups is 1. The smallest absolute Gasteiger partial charge is 0.317 e. The molecule has 0 aromatic heterocycles. The number of rotatable bonds is 7. The molecule has 1 aliphatic heterocycles. The number of amides is 2. The maximum Gasteiger partial charge on any atom is 0.317 e. The molecule has 154 valence electrons. The Morgan fingerprint density at radius 2 is 1.79 bits per heavy atom. The number of benzene rings is 2. The van der Waals surface area contributed by atoms with Crippen molar-refractivity contribution in [1.29, 1.82) is 0 Å². The SMILES string of the molecule is COc1ccc(CCCNC(=O)N2CCN(c3ccccc3[N+](=O)[O-])CC2)cc1. The molecule has 2 aromatic carbocycles. The third-order valence-corrected chi connectivity index (χ3v) is 5.06. The number of piperazine rings is 1. The van der Waals surface area contributed by atoms with Crippen LogP contribution in [0.1, 0.15) is 12.0 Å². The summed E-state index contributed by atoms with van der Waals surface area (Å²) in [4.78, 5) is 27.0. The Bertz CT molecular complexity index is 833. The monoisotopic (exact) mass is 398 g/mol. The lowest BCUT2D eigenvalue weighted by Gasteiger charge is -2.35. The van der Waals surface area contributed by atoms with Crippen LogP contribution in [0.15, 0.2) is 48.5 Å². The summed E-state index contributed by atoms with van der Waals surface area (Å²) < 4.78 is 5.15. The van der Waals surface area contributed by atoms with Crippen molar-refractivity contribution in [2.45, 2.75) is 12.8 Å². The summed E-state index contributed by atoms with van der Waals surface area (Å²) in [7, 11) is 1.64. The first-order valence-electron chi connectivity index (χ1n) is 9.72. The van der Waals surface area contributed by atoms with Crippen molar-refractivity contribution in [3.63, 3.8) is 0 Å². The highest BCUT2D eigenvalue weighted by Crippen LogP contribution is 2.28. The molecule has 1 fully saturated rings.